The molecule has 0 bridgehead atoms. The molecule has 0 unspecified atom stereocenters. The molecule has 3 N–H and O–H groups in total. The van der Waals surface area contributed by atoms with Gasteiger partial charge in [0.15, 0.2) is 0 Å². The van der Waals surface area contributed by atoms with Crippen LogP contribution < -0.4 is 11.2 Å². The van der Waals surface area contributed by atoms with Gasteiger partial charge in [0.25, 0.3) is 5.56 Å². The Morgan fingerprint density at radius 3 is 2.48 bits per heavy atom. The quantitative estimate of drug-likeness (QED) is 0.727. The van der Waals surface area contributed by atoms with Crippen molar-refractivity contribution in [2.45, 2.75) is 38.5 Å². The molecule has 0 fully saturated rings. The molecule has 0 aliphatic rings. The Kier molecular flexibility index (Phi) is 5.51. The summed E-state index contributed by atoms with van der Waals surface area (Å²) in [6.45, 7) is 2.00. The van der Waals surface area contributed by atoms with E-state index in [0.29, 0.717) is 6.42 Å². The highest BCUT2D eigenvalue weighted by atomic mass is 16.3. The summed E-state index contributed by atoms with van der Waals surface area (Å²) in [6.07, 6.45) is 2.23. The van der Waals surface area contributed by atoms with E-state index in [2.05, 4.69) is 9.97 Å². The number of hydrogen-bond donors (Lipinski definition) is 3. The average Bonchev–Trinajstić information content (AvgIpc) is 2.52. The number of benzene rings is 1. The highest BCUT2D eigenvalue weighted by Gasteiger charge is 2.24. The molecule has 0 aliphatic heterocycles. The number of Topliss-reactive ketones (excluding diaryl/α,β-unsaturated/α-hetero) is 1. The van der Waals surface area contributed by atoms with Gasteiger partial charge in [-0.3, -0.25) is 19.6 Å². The summed E-state index contributed by atoms with van der Waals surface area (Å²) in [4.78, 5) is 39.8. The summed E-state index contributed by atoms with van der Waals surface area (Å²) in [5, 5.41) is 10.0. The maximum atomic E-state index is 12.2. The van der Waals surface area contributed by atoms with Crippen molar-refractivity contribution in [3.05, 3.63) is 62.3 Å². The highest BCUT2D eigenvalue weighted by Crippen LogP contribution is 2.30. The normalized spacial score (nSPS) is 12.0. The first kappa shape index (κ1) is 16.7. The third-order valence-corrected chi connectivity index (χ3v) is 3.75. The molecule has 0 spiro atoms. The summed E-state index contributed by atoms with van der Waals surface area (Å²) in [5.74, 6) is -1.07. The van der Waals surface area contributed by atoms with Crippen molar-refractivity contribution in [1.29, 1.82) is 0 Å². The van der Waals surface area contributed by atoms with Crippen molar-refractivity contribution >= 4 is 5.78 Å². The second kappa shape index (κ2) is 7.58. The van der Waals surface area contributed by atoms with Crippen molar-refractivity contribution < 1.29 is 9.90 Å². The first-order chi connectivity index (χ1) is 11.0. The zero-order valence-corrected chi connectivity index (χ0v) is 13.0. The van der Waals surface area contributed by atoms with E-state index in [1.165, 1.54) is 0 Å². The van der Waals surface area contributed by atoms with Gasteiger partial charge in [0.05, 0.1) is 5.56 Å². The molecule has 2 aromatic rings. The molecule has 0 amide bonds. The number of unbranched alkanes of at least 4 members (excludes halogenated alkanes) is 1. The van der Waals surface area contributed by atoms with Gasteiger partial charge in [0.1, 0.15) is 5.78 Å². The van der Waals surface area contributed by atoms with Crippen LogP contribution >= 0.6 is 0 Å². The van der Waals surface area contributed by atoms with E-state index in [4.69, 9.17) is 0 Å². The van der Waals surface area contributed by atoms with Gasteiger partial charge in [-0.25, -0.2) is 4.79 Å². The summed E-state index contributed by atoms with van der Waals surface area (Å²) in [6, 6.07) is 9.02. The lowest BCUT2D eigenvalue weighted by atomic mass is 9.87. The molecule has 0 aliphatic carbocycles. The number of rotatable bonds is 7. The summed E-state index contributed by atoms with van der Waals surface area (Å²) < 4.78 is 0. The monoisotopic (exact) mass is 316 g/mol. The maximum Gasteiger partial charge on any atom is 0.328 e. The molecule has 0 saturated carbocycles. The summed E-state index contributed by atoms with van der Waals surface area (Å²) in [5.41, 5.74) is -0.699. The van der Waals surface area contributed by atoms with Gasteiger partial charge in [-0.05, 0) is 12.0 Å². The molecule has 6 heteroatoms. The number of nitrogens with one attached hydrogen (secondary N) is 2. The molecule has 23 heavy (non-hydrogen) atoms. The van der Waals surface area contributed by atoms with Gasteiger partial charge in [-0.15, -0.1) is 0 Å². The molecule has 0 radical (unpaired) electrons. The van der Waals surface area contributed by atoms with Gasteiger partial charge in [-0.2, -0.15) is 0 Å². The van der Waals surface area contributed by atoms with Crippen LogP contribution in [-0.2, 0) is 4.79 Å². The van der Waals surface area contributed by atoms with E-state index in [0.717, 1.165) is 18.4 Å². The molecule has 2 rings (SSSR count). The molecule has 122 valence electrons. The van der Waals surface area contributed by atoms with Crippen LogP contribution in [0, 0.1) is 0 Å². The van der Waals surface area contributed by atoms with Crippen molar-refractivity contribution in [2.75, 3.05) is 0 Å². The van der Waals surface area contributed by atoms with Crippen molar-refractivity contribution in [3.63, 3.8) is 0 Å². The van der Waals surface area contributed by atoms with E-state index >= 15 is 0 Å². The van der Waals surface area contributed by atoms with Crippen LogP contribution in [0.1, 0.15) is 49.7 Å². The highest BCUT2D eigenvalue weighted by molar-refractivity contribution is 5.80. The number of H-pyrrole nitrogens is 2. The second-order valence-corrected chi connectivity index (χ2v) is 5.48. The molecule has 1 atom stereocenters. The number of hydrogen-bond acceptors (Lipinski definition) is 4. The fourth-order valence-corrected chi connectivity index (χ4v) is 2.58. The van der Waals surface area contributed by atoms with Crippen LogP contribution in [0.15, 0.2) is 39.9 Å². The standard InChI is InChI=1S/C17H20N2O4/c1-2-3-9-12(20)10-13(11-7-5-4-6-8-11)14-15(21)18-17(23)19-16(14)22/h4-8,13H,2-3,9-10H2,1H3,(H3,18,19,21,22,23)/t13-/m0/s1. The van der Waals surface area contributed by atoms with Crippen molar-refractivity contribution in [2.24, 2.45) is 0 Å². The predicted octanol–water partition coefficient (Wildman–Crippen LogP) is 2.05. The minimum Gasteiger partial charge on any atom is -0.494 e. The smallest absolute Gasteiger partial charge is 0.328 e. The van der Waals surface area contributed by atoms with Gasteiger partial charge < -0.3 is 5.11 Å². The number of aromatic amines is 2. The third kappa shape index (κ3) is 4.18. The molecule has 1 aromatic heterocycles. The van der Waals surface area contributed by atoms with E-state index in [9.17, 15) is 19.5 Å². The van der Waals surface area contributed by atoms with Crippen LogP contribution in [0.2, 0.25) is 0 Å². The molecule has 1 heterocycles. The lowest BCUT2D eigenvalue weighted by Crippen LogP contribution is -2.28. The SMILES string of the molecule is CCCCC(=O)C[C@@H](c1ccccc1)c1c(O)[nH]c(=O)[nH]c1=O. The lowest BCUT2D eigenvalue weighted by Gasteiger charge is -2.17. The Balaban J connectivity index is 2.45. The maximum absolute atomic E-state index is 12.2. The van der Waals surface area contributed by atoms with Crippen LogP contribution in [0.5, 0.6) is 5.88 Å². The van der Waals surface area contributed by atoms with E-state index in [-0.39, 0.29) is 17.8 Å². The molecular formula is C17H20N2O4. The topological polar surface area (TPSA) is 103 Å². The van der Waals surface area contributed by atoms with Crippen LogP contribution in [-0.4, -0.2) is 20.9 Å². The molecule has 1 aromatic carbocycles. The summed E-state index contributed by atoms with van der Waals surface area (Å²) in [7, 11) is 0. The number of aromatic hydroxyl groups is 1. The van der Waals surface area contributed by atoms with Crippen LogP contribution in [0.4, 0.5) is 0 Å². The van der Waals surface area contributed by atoms with Gasteiger partial charge >= 0.3 is 5.69 Å². The van der Waals surface area contributed by atoms with Gasteiger partial charge in [0, 0.05) is 18.8 Å². The Hall–Kier alpha value is -2.63. The molecular weight excluding hydrogens is 296 g/mol. The fraction of sp³-hybridized carbons (Fsp3) is 0.353. The number of carbonyl (C=O) groups is 1. The first-order valence-corrected chi connectivity index (χ1v) is 7.65. The number of aromatic nitrogens is 2. The Bertz CT molecular complexity index is 777. The minimum atomic E-state index is -0.777. The Labute approximate surface area is 133 Å². The largest absolute Gasteiger partial charge is 0.494 e. The van der Waals surface area contributed by atoms with E-state index in [1.54, 1.807) is 24.3 Å². The average molecular weight is 316 g/mol. The zero-order valence-electron chi connectivity index (χ0n) is 13.0. The van der Waals surface area contributed by atoms with Crippen molar-refractivity contribution in [3.8, 4) is 5.88 Å². The second-order valence-electron chi connectivity index (χ2n) is 5.48. The number of ketones is 1. The van der Waals surface area contributed by atoms with Crippen LogP contribution in [0.3, 0.4) is 0 Å². The van der Waals surface area contributed by atoms with E-state index in [1.807, 2.05) is 13.0 Å². The summed E-state index contributed by atoms with van der Waals surface area (Å²) >= 11 is 0. The van der Waals surface area contributed by atoms with Crippen LogP contribution in [0.25, 0.3) is 0 Å². The molecule has 0 saturated heterocycles. The zero-order chi connectivity index (χ0) is 16.8. The lowest BCUT2D eigenvalue weighted by molar-refractivity contribution is -0.119. The van der Waals surface area contributed by atoms with Crippen molar-refractivity contribution in [1.82, 2.24) is 9.97 Å². The minimum absolute atomic E-state index is 0.0145. The number of carbonyl (C=O) groups excluding carboxylic acids is 1. The Morgan fingerprint density at radius 1 is 1.17 bits per heavy atom. The first-order valence-electron chi connectivity index (χ1n) is 7.65. The Morgan fingerprint density at radius 2 is 1.87 bits per heavy atom. The fourth-order valence-electron chi connectivity index (χ4n) is 2.58. The third-order valence-electron chi connectivity index (χ3n) is 3.75. The predicted molar refractivity (Wildman–Crippen MR) is 86.8 cm³/mol. The van der Waals surface area contributed by atoms with Gasteiger partial charge in [0.2, 0.25) is 5.88 Å². The van der Waals surface area contributed by atoms with E-state index < -0.39 is 23.0 Å². The molecule has 6 nitrogen and oxygen atoms in total. The van der Waals surface area contributed by atoms with Gasteiger partial charge in [-0.1, -0.05) is 43.7 Å².